The molecule has 0 aliphatic heterocycles. The highest BCUT2D eigenvalue weighted by Gasteiger charge is 2.43. The summed E-state index contributed by atoms with van der Waals surface area (Å²) < 4.78 is 5.48. The molecule has 0 saturated heterocycles. The van der Waals surface area contributed by atoms with E-state index >= 15 is 0 Å². The largest absolute Gasteiger partial charge is 0.466 e. The zero-order valence-electron chi connectivity index (χ0n) is 20.5. The van der Waals surface area contributed by atoms with Gasteiger partial charge in [0.05, 0.1) is 23.7 Å². The number of rotatable bonds is 10. The smallest absolute Gasteiger partial charge is 0.313 e. The summed E-state index contributed by atoms with van der Waals surface area (Å²) in [5, 5.41) is 9.42. The number of nitrogens with zero attached hydrogens (tertiary/aromatic N) is 2. The van der Waals surface area contributed by atoms with Gasteiger partial charge in [-0.05, 0) is 48.9 Å². The third kappa shape index (κ3) is 6.26. The van der Waals surface area contributed by atoms with E-state index in [-0.39, 0.29) is 11.9 Å². The highest BCUT2D eigenvalue weighted by molar-refractivity contribution is 5.80. The number of ether oxygens (including phenoxy) is 1. The lowest BCUT2D eigenvalue weighted by molar-refractivity contribution is -0.160. The van der Waals surface area contributed by atoms with Crippen molar-refractivity contribution in [2.75, 3.05) is 13.2 Å². The van der Waals surface area contributed by atoms with Crippen LogP contribution in [0.1, 0.15) is 76.3 Å². The van der Waals surface area contributed by atoms with E-state index in [1.54, 1.807) is 0 Å². The molecule has 0 N–H and O–H groups in total. The molecule has 0 spiro atoms. The maximum absolute atomic E-state index is 13.2. The monoisotopic (exact) mass is 460 g/mol. The van der Waals surface area contributed by atoms with Gasteiger partial charge in [-0.1, -0.05) is 75.1 Å². The number of amides is 1. The molecule has 2 aromatic rings. The average Bonchev–Trinajstić information content (AvgIpc) is 2.88. The molecule has 0 bridgehead atoms. The van der Waals surface area contributed by atoms with Gasteiger partial charge in [-0.3, -0.25) is 9.59 Å². The first-order chi connectivity index (χ1) is 16.5. The van der Waals surface area contributed by atoms with E-state index < -0.39 is 5.41 Å². The second-order valence-corrected chi connectivity index (χ2v) is 9.27. The molecule has 1 saturated carbocycles. The Morgan fingerprint density at radius 3 is 2.38 bits per heavy atom. The number of unbranched alkanes of at least 4 members (excludes halogenated alkanes) is 1. The van der Waals surface area contributed by atoms with Crippen molar-refractivity contribution in [3.63, 3.8) is 0 Å². The van der Waals surface area contributed by atoms with Gasteiger partial charge in [0.2, 0.25) is 5.91 Å². The Hall–Kier alpha value is -3.13. The Morgan fingerprint density at radius 2 is 1.74 bits per heavy atom. The second-order valence-electron chi connectivity index (χ2n) is 9.27. The van der Waals surface area contributed by atoms with Crippen LogP contribution >= 0.6 is 0 Å². The zero-order valence-corrected chi connectivity index (χ0v) is 20.5. The molecule has 1 fully saturated rings. The first-order valence-electron chi connectivity index (χ1n) is 12.6. The van der Waals surface area contributed by atoms with Crippen molar-refractivity contribution in [3.8, 4) is 17.2 Å². The standard InChI is InChI=1S/C29H36N2O3/c1-3-5-13-27(32)31(22-29(28(33)34-4-2)18-9-6-10-19-29)21-23-14-16-24(17-15-23)26-12-8-7-11-25(26)20-30/h7-8,11-12,14-17H,3-6,9-10,13,18-19,21-22H2,1-2H3. The van der Waals surface area contributed by atoms with Crippen LogP contribution in [0.4, 0.5) is 0 Å². The topological polar surface area (TPSA) is 70.4 Å². The highest BCUT2D eigenvalue weighted by Crippen LogP contribution is 2.39. The molecule has 5 nitrogen and oxygen atoms in total. The van der Waals surface area contributed by atoms with Gasteiger partial charge in [0.15, 0.2) is 0 Å². The minimum atomic E-state index is -0.609. The van der Waals surface area contributed by atoms with Crippen molar-refractivity contribution in [1.82, 2.24) is 4.90 Å². The summed E-state index contributed by atoms with van der Waals surface area (Å²) in [5.74, 6) is -0.0681. The molecule has 2 aromatic carbocycles. The molecule has 0 atom stereocenters. The van der Waals surface area contributed by atoms with Gasteiger partial charge in [0.1, 0.15) is 0 Å². The maximum Gasteiger partial charge on any atom is 0.313 e. The summed E-state index contributed by atoms with van der Waals surface area (Å²) in [7, 11) is 0. The van der Waals surface area contributed by atoms with E-state index in [0.29, 0.717) is 31.7 Å². The molecule has 0 radical (unpaired) electrons. The number of carbonyl (C=O) groups is 2. The fraction of sp³-hybridized carbons (Fsp3) is 0.483. The van der Waals surface area contributed by atoms with Crippen molar-refractivity contribution < 1.29 is 14.3 Å². The molecule has 1 aliphatic rings. The van der Waals surface area contributed by atoms with Gasteiger partial charge in [-0.15, -0.1) is 0 Å². The van der Waals surface area contributed by atoms with Crippen LogP contribution in [-0.4, -0.2) is 29.9 Å². The van der Waals surface area contributed by atoms with Crippen LogP contribution in [-0.2, 0) is 20.9 Å². The quantitative estimate of drug-likeness (QED) is 0.393. The van der Waals surface area contributed by atoms with Crippen molar-refractivity contribution in [2.45, 2.75) is 71.8 Å². The Labute approximate surface area is 203 Å². The van der Waals surface area contributed by atoms with Crippen LogP contribution in [0, 0.1) is 16.7 Å². The van der Waals surface area contributed by atoms with E-state index in [2.05, 4.69) is 13.0 Å². The van der Waals surface area contributed by atoms with Gasteiger partial charge >= 0.3 is 5.97 Å². The third-order valence-corrected chi connectivity index (χ3v) is 6.80. The fourth-order valence-electron chi connectivity index (χ4n) is 4.87. The number of nitriles is 1. The van der Waals surface area contributed by atoms with Gasteiger partial charge in [-0.2, -0.15) is 5.26 Å². The summed E-state index contributed by atoms with van der Waals surface area (Å²) in [6.45, 7) is 5.15. The molecule has 5 heteroatoms. The molecule has 180 valence electrons. The zero-order chi connectivity index (χ0) is 24.4. The number of benzene rings is 2. The summed E-state index contributed by atoms with van der Waals surface area (Å²) in [5.41, 5.74) is 2.91. The van der Waals surface area contributed by atoms with Gasteiger partial charge in [-0.25, -0.2) is 0 Å². The van der Waals surface area contributed by atoms with E-state index in [4.69, 9.17) is 4.74 Å². The van der Waals surface area contributed by atoms with Crippen LogP contribution in [0.2, 0.25) is 0 Å². The lowest BCUT2D eigenvalue weighted by Gasteiger charge is -2.39. The summed E-state index contributed by atoms with van der Waals surface area (Å²) >= 11 is 0. The molecule has 1 amide bonds. The van der Waals surface area contributed by atoms with Gasteiger partial charge in [0.25, 0.3) is 0 Å². The Morgan fingerprint density at radius 1 is 1.03 bits per heavy atom. The molecule has 3 rings (SSSR count). The minimum absolute atomic E-state index is 0.0926. The summed E-state index contributed by atoms with van der Waals surface area (Å²) in [6, 6.07) is 17.8. The lowest BCUT2D eigenvalue weighted by atomic mass is 9.73. The van der Waals surface area contributed by atoms with Crippen LogP contribution in [0.15, 0.2) is 48.5 Å². The number of carbonyl (C=O) groups excluding carboxylic acids is 2. The van der Waals surface area contributed by atoms with Crippen molar-refractivity contribution in [2.24, 2.45) is 5.41 Å². The Kier molecular flexibility index (Phi) is 9.27. The van der Waals surface area contributed by atoms with E-state index in [9.17, 15) is 14.9 Å². The molecular weight excluding hydrogens is 424 g/mol. The highest BCUT2D eigenvalue weighted by atomic mass is 16.5. The maximum atomic E-state index is 13.2. The van der Waals surface area contributed by atoms with Crippen molar-refractivity contribution in [3.05, 3.63) is 59.7 Å². The Bertz CT molecular complexity index is 1000. The number of hydrogen-bond donors (Lipinski definition) is 0. The SMILES string of the molecule is CCCCC(=O)N(Cc1ccc(-c2ccccc2C#N)cc1)CC1(C(=O)OCC)CCCCC1. The minimum Gasteiger partial charge on any atom is -0.466 e. The van der Waals surface area contributed by atoms with E-state index in [1.165, 1.54) is 0 Å². The molecule has 0 aromatic heterocycles. The summed E-state index contributed by atoms with van der Waals surface area (Å²) in [6.07, 6.45) is 6.92. The normalized spacial score (nSPS) is 14.7. The van der Waals surface area contributed by atoms with Crippen LogP contribution in [0.3, 0.4) is 0 Å². The molecule has 34 heavy (non-hydrogen) atoms. The molecule has 1 aliphatic carbocycles. The van der Waals surface area contributed by atoms with Crippen molar-refractivity contribution >= 4 is 11.9 Å². The average molecular weight is 461 g/mol. The Balaban J connectivity index is 1.84. The second kappa shape index (κ2) is 12.4. The lowest BCUT2D eigenvalue weighted by Crippen LogP contribution is -2.47. The number of hydrogen-bond acceptors (Lipinski definition) is 4. The van der Waals surface area contributed by atoms with Gasteiger partial charge < -0.3 is 9.64 Å². The van der Waals surface area contributed by atoms with Crippen molar-refractivity contribution in [1.29, 1.82) is 5.26 Å². The van der Waals surface area contributed by atoms with Crippen LogP contribution in [0.5, 0.6) is 0 Å². The predicted octanol–water partition coefficient (Wildman–Crippen LogP) is 6.26. The van der Waals surface area contributed by atoms with Crippen LogP contribution < -0.4 is 0 Å². The third-order valence-electron chi connectivity index (χ3n) is 6.80. The molecule has 0 unspecified atom stereocenters. The first-order valence-corrected chi connectivity index (χ1v) is 12.6. The first kappa shape index (κ1) is 25.5. The molecular formula is C29H36N2O3. The van der Waals surface area contributed by atoms with Gasteiger partial charge in [0, 0.05) is 19.5 Å². The number of esters is 1. The molecule has 0 heterocycles. The summed E-state index contributed by atoms with van der Waals surface area (Å²) in [4.78, 5) is 28.1. The van der Waals surface area contributed by atoms with E-state index in [1.807, 2.05) is 60.4 Å². The van der Waals surface area contributed by atoms with E-state index in [0.717, 1.165) is 61.6 Å². The predicted molar refractivity (Wildman–Crippen MR) is 134 cm³/mol. The van der Waals surface area contributed by atoms with Crippen LogP contribution in [0.25, 0.3) is 11.1 Å². The fourth-order valence-corrected chi connectivity index (χ4v) is 4.87.